The van der Waals surface area contributed by atoms with Gasteiger partial charge in [0.15, 0.2) is 0 Å². The van der Waals surface area contributed by atoms with Gasteiger partial charge >= 0.3 is 0 Å². The lowest BCUT2D eigenvalue weighted by atomic mass is 10.4. The number of hydrogen-bond donors (Lipinski definition) is 0. The molecule has 0 aromatic heterocycles. The molecular weight excluding hydrogens is 100 g/mol. The average molecular weight is 112 g/mol. The Labute approximate surface area is 50.7 Å². The average Bonchev–Trinajstić information content (AvgIpc) is 1.83. The summed E-state index contributed by atoms with van der Waals surface area (Å²) in [5.74, 6) is 0.715. The van der Waals surface area contributed by atoms with E-state index in [0.717, 1.165) is 6.42 Å². The standard InChI is InChI=1S/C7H12O/c1-4-5-6-7(2)8-3/h5-6H,2,4H2,1,3H3/b6-5-. The molecule has 0 saturated carbocycles. The predicted molar refractivity (Wildman–Crippen MR) is 35.6 cm³/mol. The molecule has 0 N–H and O–H groups in total. The highest BCUT2D eigenvalue weighted by molar-refractivity contribution is 5.05. The van der Waals surface area contributed by atoms with E-state index in [9.17, 15) is 0 Å². The van der Waals surface area contributed by atoms with Crippen LogP contribution in [0.15, 0.2) is 24.5 Å². The highest BCUT2D eigenvalue weighted by Gasteiger charge is 1.76. The third-order valence-electron chi connectivity index (χ3n) is 0.802. The van der Waals surface area contributed by atoms with Gasteiger partial charge in [-0.25, -0.2) is 0 Å². The molecule has 8 heavy (non-hydrogen) atoms. The first-order chi connectivity index (χ1) is 3.81. The SMILES string of the molecule is C=C(/C=C\CC)OC. The Hall–Kier alpha value is -0.720. The summed E-state index contributed by atoms with van der Waals surface area (Å²) in [5.41, 5.74) is 0. The van der Waals surface area contributed by atoms with Gasteiger partial charge in [0.05, 0.1) is 7.11 Å². The maximum Gasteiger partial charge on any atom is 0.111 e. The molecule has 0 amide bonds. The van der Waals surface area contributed by atoms with Gasteiger partial charge in [-0.05, 0) is 12.5 Å². The second-order valence-electron chi connectivity index (χ2n) is 1.48. The van der Waals surface area contributed by atoms with Gasteiger partial charge in [-0.2, -0.15) is 0 Å². The van der Waals surface area contributed by atoms with Crippen molar-refractivity contribution in [2.24, 2.45) is 0 Å². The van der Waals surface area contributed by atoms with Gasteiger partial charge in [-0.3, -0.25) is 0 Å². The highest BCUT2D eigenvalue weighted by Crippen LogP contribution is 1.92. The smallest absolute Gasteiger partial charge is 0.111 e. The molecule has 0 rings (SSSR count). The first-order valence-corrected chi connectivity index (χ1v) is 2.70. The molecule has 1 nitrogen and oxygen atoms in total. The Bertz CT molecular complexity index is 92.6. The summed E-state index contributed by atoms with van der Waals surface area (Å²) in [6.07, 6.45) is 4.90. The molecule has 0 saturated heterocycles. The van der Waals surface area contributed by atoms with Crippen LogP contribution < -0.4 is 0 Å². The lowest BCUT2D eigenvalue weighted by Crippen LogP contribution is -1.75. The molecular formula is C7H12O. The minimum atomic E-state index is 0.715. The third-order valence-corrected chi connectivity index (χ3v) is 0.802. The maximum atomic E-state index is 4.77. The van der Waals surface area contributed by atoms with E-state index in [4.69, 9.17) is 4.74 Å². The summed E-state index contributed by atoms with van der Waals surface area (Å²) >= 11 is 0. The topological polar surface area (TPSA) is 9.23 Å². The number of hydrogen-bond acceptors (Lipinski definition) is 1. The van der Waals surface area contributed by atoms with E-state index < -0.39 is 0 Å². The summed E-state index contributed by atoms with van der Waals surface area (Å²) < 4.78 is 4.77. The van der Waals surface area contributed by atoms with Crippen LogP contribution in [0.25, 0.3) is 0 Å². The number of ether oxygens (including phenoxy) is 1. The summed E-state index contributed by atoms with van der Waals surface area (Å²) in [5, 5.41) is 0. The van der Waals surface area contributed by atoms with E-state index in [-0.39, 0.29) is 0 Å². The van der Waals surface area contributed by atoms with Crippen LogP contribution in [0.3, 0.4) is 0 Å². The van der Waals surface area contributed by atoms with Crippen molar-refractivity contribution >= 4 is 0 Å². The van der Waals surface area contributed by atoms with Gasteiger partial charge in [-0.15, -0.1) is 0 Å². The Balaban J connectivity index is 3.37. The van der Waals surface area contributed by atoms with E-state index in [1.54, 1.807) is 7.11 Å². The van der Waals surface area contributed by atoms with E-state index >= 15 is 0 Å². The lowest BCUT2D eigenvalue weighted by molar-refractivity contribution is 0.308. The van der Waals surface area contributed by atoms with Gasteiger partial charge in [0, 0.05) is 0 Å². The summed E-state index contributed by atoms with van der Waals surface area (Å²) in [7, 11) is 1.61. The summed E-state index contributed by atoms with van der Waals surface area (Å²) in [6.45, 7) is 5.67. The molecule has 0 aliphatic heterocycles. The lowest BCUT2D eigenvalue weighted by Gasteiger charge is -1.92. The van der Waals surface area contributed by atoms with Gasteiger partial charge in [0.25, 0.3) is 0 Å². The Morgan fingerprint density at radius 3 is 2.75 bits per heavy atom. The van der Waals surface area contributed by atoms with Gasteiger partial charge in [0.2, 0.25) is 0 Å². The van der Waals surface area contributed by atoms with Crippen LogP contribution in [-0.2, 0) is 4.74 Å². The van der Waals surface area contributed by atoms with Crippen LogP contribution in [0.5, 0.6) is 0 Å². The molecule has 46 valence electrons. The zero-order valence-electron chi connectivity index (χ0n) is 5.48. The van der Waals surface area contributed by atoms with Crippen molar-refractivity contribution in [3.63, 3.8) is 0 Å². The summed E-state index contributed by atoms with van der Waals surface area (Å²) in [6, 6.07) is 0. The Morgan fingerprint density at radius 1 is 1.75 bits per heavy atom. The quantitative estimate of drug-likeness (QED) is 0.401. The fourth-order valence-electron chi connectivity index (χ4n) is 0.317. The molecule has 0 heterocycles. The van der Waals surface area contributed by atoms with Crippen molar-refractivity contribution in [3.8, 4) is 0 Å². The minimum absolute atomic E-state index is 0.715. The van der Waals surface area contributed by atoms with E-state index in [2.05, 4.69) is 13.5 Å². The highest BCUT2D eigenvalue weighted by atomic mass is 16.5. The van der Waals surface area contributed by atoms with Crippen LogP contribution in [0.1, 0.15) is 13.3 Å². The fraction of sp³-hybridized carbons (Fsp3) is 0.429. The molecule has 0 spiro atoms. The van der Waals surface area contributed by atoms with E-state index in [1.807, 2.05) is 12.2 Å². The first kappa shape index (κ1) is 7.28. The molecule has 0 aromatic carbocycles. The second-order valence-corrected chi connectivity index (χ2v) is 1.48. The van der Waals surface area contributed by atoms with Crippen molar-refractivity contribution in [1.29, 1.82) is 0 Å². The van der Waals surface area contributed by atoms with Crippen molar-refractivity contribution < 1.29 is 4.74 Å². The first-order valence-electron chi connectivity index (χ1n) is 2.70. The van der Waals surface area contributed by atoms with Crippen LogP contribution in [0.4, 0.5) is 0 Å². The fourth-order valence-corrected chi connectivity index (χ4v) is 0.317. The van der Waals surface area contributed by atoms with E-state index in [0.29, 0.717) is 5.76 Å². The third kappa shape index (κ3) is 3.47. The van der Waals surface area contributed by atoms with Gasteiger partial charge in [0.1, 0.15) is 5.76 Å². The monoisotopic (exact) mass is 112 g/mol. The van der Waals surface area contributed by atoms with Crippen LogP contribution in [-0.4, -0.2) is 7.11 Å². The van der Waals surface area contributed by atoms with Crippen LogP contribution >= 0.6 is 0 Å². The second kappa shape index (κ2) is 4.44. The van der Waals surface area contributed by atoms with Crippen LogP contribution in [0.2, 0.25) is 0 Å². The molecule has 0 bridgehead atoms. The maximum absolute atomic E-state index is 4.77. The van der Waals surface area contributed by atoms with Crippen molar-refractivity contribution in [1.82, 2.24) is 0 Å². The van der Waals surface area contributed by atoms with Crippen molar-refractivity contribution in [2.45, 2.75) is 13.3 Å². The molecule has 0 radical (unpaired) electrons. The molecule has 0 atom stereocenters. The zero-order chi connectivity index (χ0) is 6.41. The number of rotatable bonds is 3. The minimum Gasteiger partial charge on any atom is -0.497 e. The Kier molecular flexibility index (Phi) is 4.04. The predicted octanol–water partition coefficient (Wildman–Crippen LogP) is 2.11. The number of allylic oxidation sites excluding steroid dienone is 2. The van der Waals surface area contributed by atoms with Crippen molar-refractivity contribution in [3.05, 3.63) is 24.5 Å². The molecule has 0 aliphatic carbocycles. The summed E-state index contributed by atoms with van der Waals surface area (Å²) in [4.78, 5) is 0. The normalized spacial score (nSPS) is 9.75. The van der Waals surface area contributed by atoms with E-state index in [1.165, 1.54) is 0 Å². The number of methoxy groups -OCH3 is 1. The van der Waals surface area contributed by atoms with Crippen molar-refractivity contribution in [2.75, 3.05) is 7.11 Å². The molecule has 0 aliphatic rings. The molecule has 0 aromatic rings. The van der Waals surface area contributed by atoms with Gasteiger partial charge < -0.3 is 4.74 Å². The van der Waals surface area contributed by atoms with Crippen LogP contribution in [0, 0.1) is 0 Å². The largest absolute Gasteiger partial charge is 0.497 e. The molecule has 0 fully saturated rings. The van der Waals surface area contributed by atoms with Gasteiger partial charge in [-0.1, -0.05) is 19.6 Å². The Morgan fingerprint density at radius 2 is 2.38 bits per heavy atom. The zero-order valence-corrected chi connectivity index (χ0v) is 5.48. The molecule has 0 unspecified atom stereocenters. The molecule has 1 heteroatoms.